The van der Waals surface area contributed by atoms with E-state index in [0.717, 1.165) is 10.5 Å². The van der Waals surface area contributed by atoms with Gasteiger partial charge in [-0.05, 0) is 29.8 Å². The normalized spacial score (nSPS) is 15.6. The minimum atomic E-state index is -0.634. The van der Waals surface area contributed by atoms with Gasteiger partial charge in [0, 0.05) is 0 Å². The van der Waals surface area contributed by atoms with Gasteiger partial charge >= 0.3 is 6.09 Å². The van der Waals surface area contributed by atoms with Crippen molar-refractivity contribution in [1.29, 1.82) is 0 Å². The third kappa shape index (κ3) is 6.76. The summed E-state index contributed by atoms with van der Waals surface area (Å²) in [6.07, 6.45) is 4.70. The first-order chi connectivity index (χ1) is 17.4. The number of para-hydroxylation sites is 1. The lowest BCUT2D eigenvalue weighted by Crippen LogP contribution is -2.55. The summed E-state index contributed by atoms with van der Waals surface area (Å²) in [6.45, 7) is 4.25. The molecule has 4 amide bonds. The highest BCUT2D eigenvalue weighted by atomic mass is 16.6. The maximum Gasteiger partial charge on any atom is 0.422 e. The Morgan fingerprint density at radius 2 is 1.36 bits per heavy atom. The van der Waals surface area contributed by atoms with Gasteiger partial charge in [0.05, 0.1) is 23.6 Å². The summed E-state index contributed by atoms with van der Waals surface area (Å²) in [4.78, 5) is 46.8. The molecule has 36 heavy (non-hydrogen) atoms. The van der Waals surface area contributed by atoms with Crippen molar-refractivity contribution < 1.29 is 23.9 Å². The van der Waals surface area contributed by atoms with E-state index < -0.39 is 6.09 Å². The lowest BCUT2D eigenvalue weighted by Gasteiger charge is -2.35. The Hall–Kier alpha value is -4.52. The van der Waals surface area contributed by atoms with Gasteiger partial charge in [-0.25, -0.2) is 9.69 Å². The second-order valence-electron chi connectivity index (χ2n) is 8.02. The Balaban J connectivity index is 0.000000214. The molecule has 3 aromatic carbocycles. The number of hydrogen-bond donors (Lipinski definition) is 1. The van der Waals surface area contributed by atoms with Gasteiger partial charge < -0.3 is 4.74 Å². The van der Waals surface area contributed by atoms with Crippen LogP contribution >= 0.6 is 0 Å². The Kier molecular flexibility index (Phi) is 9.28. The predicted octanol–water partition coefficient (Wildman–Crippen LogP) is 5.49. The Bertz CT molecular complexity index is 1210. The Labute approximate surface area is 210 Å². The molecule has 7 nitrogen and oxygen atoms in total. The molecule has 3 aromatic rings. The lowest BCUT2D eigenvalue weighted by molar-refractivity contribution is -0.139. The van der Waals surface area contributed by atoms with Crippen molar-refractivity contribution in [2.24, 2.45) is 0 Å². The van der Waals surface area contributed by atoms with E-state index >= 15 is 0 Å². The average molecular weight is 485 g/mol. The molecule has 0 aliphatic carbocycles. The number of nitrogens with one attached hydrogen (secondary N) is 1. The SMILES string of the molecule is CCC.O=C1C[C@@H](/C=C/c2ccccc2)N1C(=O)Oc1ccccc1.O=C1NC(=O)c2ccccc21. The van der Waals surface area contributed by atoms with Crippen LogP contribution < -0.4 is 10.1 Å². The van der Waals surface area contributed by atoms with Crippen LogP contribution in [0.3, 0.4) is 0 Å². The molecule has 1 N–H and O–H groups in total. The van der Waals surface area contributed by atoms with Gasteiger partial charge in [0.25, 0.3) is 11.8 Å². The second-order valence-corrected chi connectivity index (χ2v) is 8.02. The number of nitrogens with zero attached hydrogens (tertiary/aromatic N) is 1. The van der Waals surface area contributed by atoms with Crippen molar-refractivity contribution in [3.8, 4) is 5.75 Å². The van der Waals surface area contributed by atoms with E-state index in [4.69, 9.17) is 4.74 Å². The van der Waals surface area contributed by atoms with Crippen LogP contribution in [0.15, 0.2) is 91.0 Å². The van der Waals surface area contributed by atoms with Gasteiger partial charge in [0.2, 0.25) is 5.91 Å². The van der Waals surface area contributed by atoms with Crippen LogP contribution in [-0.4, -0.2) is 34.8 Å². The largest absolute Gasteiger partial charge is 0.422 e. The summed E-state index contributed by atoms with van der Waals surface area (Å²) in [6, 6.07) is 25.0. The molecule has 1 saturated heterocycles. The first-order valence-corrected chi connectivity index (χ1v) is 11.7. The van der Waals surface area contributed by atoms with E-state index in [1.807, 2.05) is 48.6 Å². The van der Waals surface area contributed by atoms with E-state index in [-0.39, 0.29) is 23.8 Å². The molecule has 1 fully saturated rings. The second kappa shape index (κ2) is 12.8. The topological polar surface area (TPSA) is 92.8 Å². The van der Waals surface area contributed by atoms with Crippen molar-refractivity contribution in [2.75, 3.05) is 0 Å². The fourth-order valence-electron chi connectivity index (χ4n) is 3.37. The number of rotatable bonds is 3. The summed E-state index contributed by atoms with van der Waals surface area (Å²) >= 11 is 0. The molecule has 184 valence electrons. The number of imide groups is 2. The van der Waals surface area contributed by atoms with Gasteiger partial charge in [-0.15, -0.1) is 0 Å². The number of carbonyl (C=O) groups excluding carboxylic acids is 4. The summed E-state index contributed by atoms with van der Waals surface area (Å²) < 4.78 is 5.20. The first-order valence-electron chi connectivity index (χ1n) is 11.7. The summed E-state index contributed by atoms with van der Waals surface area (Å²) in [7, 11) is 0. The quantitative estimate of drug-likeness (QED) is 0.392. The number of benzene rings is 3. The third-order valence-electron chi connectivity index (χ3n) is 5.08. The number of hydrogen-bond acceptors (Lipinski definition) is 5. The molecule has 0 unspecified atom stereocenters. The van der Waals surface area contributed by atoms with Gasteiger partial charge in [0.15, 0.2) is 0 Å². The molecule has 2 aliphatic heterocycles. The number of carbonyl (C=O) groups is 4. The molecular weight excluding hydrogens is 456 g/mol. The van der Waals surface area contributed by atoms with Crippen LogP contribution in [0.4, 0.5) is 4.79 Å². The molecule has 0 radical (unpaired) electrons. The molecule has 0 saturated carbocycles. The minimum absolute atomic E-state index is 0.219. The first kappa shape index (κ1) is 26.1. The van der Waals surface area contributed by atoms with Crippen molar-refractivity contribution in [3.05, 3.63) is 108 Å². The van der Waals surface area contributed by atoms with Crippen molar-refractivity contribution in [2.45, 2.75) is 32.7 Å². The number of ether oxygens (including phenoxy) is 1. The maximum absolute atomic E-state index is 12.1. The van der Waals surface area contributed by atoms with E-state index in [1.54, 1.807) is 48.5 Å². The number of fused-ring (bicyclic) bond motifs is 1. The monoisotopic (exact) mass is 484 g/mol. The summed E-state index contributed by atoms with van der Waals surface area (Å²) in [5.74, 6) is -0.391. The van der Waals surface area contributed by atoms with Gasteiger partial charge in [0.1, 0.15) is 5.75 Å². The standard InChI is InChI=1S/C18H15NO3.C8H5NO2.C3H8/c20-17-13-15(12-11-14-7-3-1-4-8-14)19(17)18(21)22-16-9-5-2-6-10-16;10-7-5-3-1-2-4-6(5)8(11)9-7;1-3-2/h1-12,15H,13H2;1-4H,(H,9,10,11);3H2,1-2H3/b12-11+;;/t15-;;/m1../s1. The Morgan fingerprint density at radius 3 is 1.89 bits per heavy atom. The van der Waals surface area contributed by atoms with Crippen LogP contribution in [0.2, 0.25) is 0 Å². The third-order valence-corrected chi connectivity index (χ3v) is 5.08. The minimum Gasteiger partial charge on any atom is -0.410 e. The number of amides is 4. The molecule has 1 atom stereocenters. The van der Waals surface area contributed by atoms with Crippen LogP contribution in [0.1, 0.15) is 53.0 Å². The van der Waals surface area contributed by atoms with Crippen molar-refractivity contribution in [3.63, 3.8) is 0 Å². The molecule has 0 aromatic heterocycles. The lowest BCUT2D eigenvalue weighted by atomic mass is 10.0. The fourth-order valence-corrected chi connectivity index (χ4v) is 3.37. The molecular formula is C29H28N2O5. The number of likely N-dealkylation sites (tertiary alicyclic amines) is 1. The van der Waals surface area contributed by atoms with Crippen LogP contribution in [0, 0.1) is 0 Å². The molecule has 0 bridgehead atoms. The average Bonchev–Trinajstić information content (AvgIpc) is 3.17. The zero-order valence-electron chi connectivity index (χ0n) is 20.2. The Morgan fingerprint density at radius 1 is 0.861 bits per heavy atom. The van der Waals surface area contributed by atoms with Gasteiger partial charge in [-0.2, -0.15) is 0 Å². The fraction of sp³-hybridized carbons (Fsp3) is 0.172. The molecule has 2 aliphatic rings. The highest BCUT2D eigenvalue weighted by Gasteiger charge is 2.40. The predicted molar refractivity (Wildman–Crippen MR) is 137 cm³/mol. The maximum atomic E-state index is 12.1. The zero-order valence-corrected chi connectivity index (χ0v) is 20.2. The number of β-lactam (4-membered cyclic amide) rings is 1. The van der Waals surface area contributed by atoms with Crippen LogP contribution in [-0.2, 0) is 4.79 Å². The van der Waals surface area contributed by atoms with E-state index in [1.165, 1.54) is 6.42 Å². The highest BCUT2D eigenvalue weighted by Crippen LogP contribution is 2.23. The highest BCUT2D eigenvalue weighted by molar-refractivity contribution is 6.21. The van der Waals surface area contributed by atoms with Crippen molar-refractivity contribution >= 4 is 29.9 Å². The zero-order chi connectivity index (χ0) is 25.9. The van der Waals surface area contributed by atoms with Gasteiger partial charge in [-0.3, -0.25) is 19.7 Å². The molecule has 0 spiro atoms. The van der Waals surface area contributed by atoms with Crippen LogP contribution in [0.5, 0.6) is 5.75 Å². The van der Waals surface area contributed by atoms with Crippen molar-refractivity contribution in [1.82, 2.24) is 10.2 Å². The van der Waals surface area contributed by atoms with Crippen LogP contribution in [0.25, 0.3) is 6.08 Å². The molecule has 5 rings (SSSR count). The molecule has 7 heteroatoms. The van der Waals surface area contributed by atoms with E-state index in [2.05, 4.69) is 19.2 Å². The van der Waals surface area contributed by atoms with Gasteiger partial charge in [-0.1, -0.05) is 93.1 Å². The summed E-state index contributed by atoms with van der Waals surface area (Å²) in [5.41, 5.74) is 1.97. The summed E-state index contributed by atoms with van der Waals surface area (Å²) in [5, 5.41) is 2.20. The smallest absolute Gasteiger partial charge is 0.410 e. The molecule has 2 heterocycles. The van der Waals surface area contributed by atoms with E-state index in [0.29, 0.717) is 23.3 Å². The van der Waals surface area contributed by atoms with E-state index in [9.17, 15) is 19.2 Å².